The van der Waals surface area contributed by atoms with Crippen molar-refractivity contribution in [1.82, 2.24) is 0 Å². The van der Waals surface area contributed by atoms with E-state index in [4.69, 9.17) is 0 Å². The molecular weight excluding hydrogens is 276 g/mol. The first-order valence-corrected chi connectivity index (χ1v) is 8.52. The molecule has 1 aliphatic rings. The molecule has 5 nitrogen and oxygen atoms in total. The molecule has 112 valence electrons. The fourth-order valence-corrected chi connectivity index (χ4v) is 3.04. The average Bonchev–Trinajstić information content (AvgIpc) is 2.31. The number of anilines is 2. The van der Waals surface area contributed by atoms with E-state index in [-0.39, 0.29) is 17.6 Å². The molecule has 3 N–H and O–H groups in total. The molecular formula is C14H22N2O3S. The number of hydrogen-bond donors (Lipinski definition) is 3. The highest BCUT2D eigenvalue weighted by Crippen LogP contribution is 2.42. The van der Waals surface area contributed by atoms with Crippen molar-refractivity contribution in [2.24, 2.45) is 5.41 Å². The number of aryl methyl sites for hydroxylation is 1. The second-order valence-corrected chi connectivity index (χ2v) is 7.92. The normalized spacial score (nSPS) is 24.9. The highest BCUT2D eigenvalue weighted by atomic mass is 32.2. The van der Waals surface area contributed by atoms with Gasteiger partial charge in [0.15, 0.2) is 0 Å². The highest BCUT2D eigenvalue weighted by Gasteiger charge is 2.47. The molecule has 1 aromatic carbocycles. The van der Waals surface area contributed by atoms with Crippen LogP contribution in [0.2, 0.25) is 0 Å². The number of nitrogens with one attached hydrogen (secondary N) is 2. The maximum atomic E-state index is 11.2. The van der Waals surface area contributed by atoms with E-state index in [1.165, 1.54) is 0 Å². The van der Waals surface area contributed by atoms with E-state index in [1.807, 2.05) is 32.9 Å². The zero-order valence-electron chi connectivity index (χ0n) is 12.3. The predicted molar refractivity (Wildman–Crippen MR) is 81.5 cm³/mol. The summed E-state index contributed by atoms with van der Waals surface area (Å²) in [6, 6.07) is 5.74. The summed E-state index contributed by atoms with van der Waals surface area (Å²) in [6.07, 6.45) is 1.60. The molecule has 1 fully saturated rings. The second-order valence-electron chi connectivity index (χ2n) is 6.17. The molecule has 0 radical (unpaired) electrons. The minimum absolute atomic E-state index is 0.141. The van der Waals surface area contributed by atoms with Gasteiger partial charge in [-0.2, -0.15) is 0 Å². The first-order chi connectivity index (χ1) is 9.09. The molecule has 0 aliphatic heterocycles. The summed E-state index contributed by atoms with van der Waals surface area (Å²) < 4.78 is 25.0. The number of aliphatic hydroxyl groups is 1. The maximum Gasteiger partial charge on any atom is 0.229 e. The second kappa shape index (κ2) is 4.93. The number of rotatable bonds is 4. The van der Waals surface area contributed by atoms with Crippen LogP contribution in [0, 0.1) is 12.3 Å². The van der Waals surface area contributed by atoms with Gasteiger partial charge < -0.3 is 10.4 Å². The van der Waals surface area contributed by atoms with Gasteiger partial charge in [0.05, 0.1) is 18.0 Å². The molecule has 0 spiro atoms. The third-order valence-corrected chi connectivity index (χ3v) is 4.67. The summed E-state index contributed by atoms with van der Waals surface area (Å²) in [5, 5.41) is 13.1. The molecule has 0 saturated heterocycles. The molecule has 1 aliphatic carbocycles. The summed E-state index contributed by atoms with van der Waals surface area (Å²) in [6.45, 7) is 5.93. The molecule has 2 unspecified atom stereocenters. The van der Waals surface area contributed by atoms with E-state index in [1.54, 1.807) is 6.07 Å². The van der Waals surface area contributed by atoms with Gasteiger partial charge in [-0.3, -0.25) is 4.72 Å². The van der Waals surface area contributed by atoms with Crippen molar-refractivity contribution in [2.45, 2.75) is 39.3 Å². The molecule has 6 heteroatoms. The van der Waals surface area contributed by atoms with Gasteiger partial charge in [-0.25, -0.2) is 8.42 Å². The highest BCUT2D eigenvalue weighted by molar-refractivity contribution is 7.92. The van der Waals surface area contributed by atoms with Crippen molar-refractivity contribution in [3.63, 3.8) is 0 Å². The minimum Gasteiger partial charge on any atom is -0.392 e. The summed E-state index contributed by atoms with van der Waals surface area (Å²) in [4.78, 5) is 0. The number of sulfonamides is 1. The van der Waals surface area contributed by atoms with Gasteiger partial charge >= 0.3 is 0 Å². The monoisotopic (exact) mass is 298 g/mol. The van der Waals surface area contributed by atoms with Gasteiger partial charge in [-0.15, -0.1) is 0 Å². The standard InChI is InChI=1S/C14H22N2O3S/c1-9-7-10(5-6-11(9)16-20(4,18)19)15-12-8-13(17)14(12,2)3/h5-7,12-13,15-17H,8H2,1-4H3. The summed E-state index contributed by atoms with van der Waals surface area (Å²) in [7, 11) is -3.26. The van der Waals surface area contributed by atoms with Crippen LogP contribution in [0.5, 0.6) is 0 Å². The molecule has 0 aromatic heterocycles. The zero-order chi connectivity index (χ0) is 15.1. The van der Waals surface area contributed by atoms with Crippen molar-refractivity contribution < 1.29 is 13.5 Å². The smallest absolute Gasteiger partial charge is 0.229 e. The lowest BCUT2D eigenvalue weighted by Gasteiger charge is -2.49. The molecule has 2 atom stereocenters. The maximum absolute atomic E-state index is 11.2. The third-order valence-electron chi connectivity index (χ3n) is 4.08. The van der Waals surface area contributed by atoms with Gasteiger partial charge in [-0.1, -0.05) is 13.8 Å². The van der Waals surface area contributed by atoms with Gasteiger partial charge in [-0.05, 0) is 37.1 Å². The van der Waals surface area contributed by atoms with Crippen molar-refractivity contribution in [2.75, 3.05) is 16.3 Å². The largest absolute Gasteiger partial charge is 0.392 e. The van der Waals surface area contributed by atoms with Crippen LogP contribution in [-0.4, -0.2) is 31.9 Å². The Morgan fingerprint density at radius 1 is 1.35 bits per heavy atom. The van der Waals surface area contributed by atoms with Crippen molar-refractivity contribution in [1.29, 1.82) is 0 Å². The Morgan fingerprint density at radius 2 is 2.00 bits per heavy atom. The molecule has 1 saturated carbocycles. The minimum atomic E-state index is -3.26. The van der Waals surface area contributed by atoms with E-state index >= 15 is 0 Å². The number of hydrogen-bond acceptors (Lipinski definition) is 4. The van der Waals surface area contributed by atoms with Crippen molar-refractivity contribution in [3.8, 4) is 0 Å². The fourth-order valence-electron chi connectivity index (χ4n) is 2.42. The molecule has 2 rings (SSSR count). The topological polar surface area (TPSA) is 78.4 Å². The van der Waals surface area contributed by atoms with Gasteiger partial charge in [0.2, 0.25) is 10.0 Å². The van der Waals surface area contributed by atoms with Gasteiger partial charge in [0, 0.05) is 17.1 Å². The van der Waals surface area contributed by atoms with E-state index in [0.29, 0.717) is 5.69 Å². The first-order valence-electron chi connectivity index (χ1n) is 6.62. The van der Waals surface area contributed by atoms with Crippen molar-refractivity contribution in [3.05, 3.63) is 23.8 Å². The van der Waals surface area contributed by atoms with E-state index < -0.39 is 10.0 Å². The van der Waals surface area contributed by atoms with E-state index in [0.717, 1.165) is 23.9 Å². The first kappa shape index (κ1) is 15.1. The molecule has 20 heavy (non-hydrogen) atoms. The SMILES string of the molecule is Cc1cc(NC2CC(O)C2(C)C)ccc1NS(C)(=O)=O. The Hall–Kier alpha value is -1.27. The Balaban J connectivity index is 2.10. The zero-order valence-corrected chi connectivity index (χ0v) is 13.1. The Kier molecular flexibility index (Phi) is 3.73. The van der Waals surface area contributed by atoms with Crippen LogP contribution in [-0.2, 0) is 10.0 Å². The van der Waals surface area contributed by atoms with Crippen LogP contribution in [0.1, 0.15) is 25.8 Å². The van der Waals surface area contributed by atoms with Crippen LogP contribution in [0.25, 0.3) is 0 Å². The van der Waals surface area contributed by atoms with Crippen LogP contribution in [0.3, 0.4) is 0 Å². The van der Waals surface area contributed by atoms with Gasteiger partial charge in [0.1, 0.15) is 0 Å². The quantitative estimate of drug-likeness (QED) is 0.794. The Morgan fingerprint density at radius 3 is 2.45 bits per heavy atom. The summed E-state index contributed by atoms with van der Waals surface area (Å²) in [5.41, 5.74) is 2.24. The van der Waals surface area contributed by atoms with Crippen LogP contribution in [0.4, 0.5) is 11.4 Å². The molecule has 0 heterocycles. The Bertz CT molecular complexity index is 611. The van der Waals surface area contributed by atoms with Crippen LogP contribution >= 0.6 is 0 Å². The number of benzene rings is 1. The Labute approximate surface area is 120 Å². The van der Waals surface area contributed by atoms with Crippen molar-refractivity contribution >= 4 is 21.4 Å². The average molecular weight is 298 g/mol. The fraction of sp³-hybridized carbons (Fsp3) is 0.571. The van der Waals surface area contributed by atoms with E-state index in [9.17, 15) is 13.5 Å². The summed E-state index contributed by atoms with van der Waals surface area (Å²) in [5.74, 6) is 0. The lowest BCUT2D eigenvalue weighted by molar-refractivity contribution is -0.0510. The molecule has 1 aromatic rings. The predicted octanol–water partition coefficient (Wildman–Crippen LogP) is 1.94. The lowest BCUT2D eigenvalue weighted by Crippen LogP contribution is -2.56. The molecule has 0 bridgehead atoms. The summed E-state index contributed by atoms with van der Waals surface area (Å²) >= 11 is 0. The van der Waals surface area contributed by atoms with Gasteiger partial charge in [0.25, 0.3) is 0 Å². The van der Waals surface area contributed by atoms with E-state index in [2.05, 4.69) is 10.0 Å². The van der Waals surface area contributed by atoms with Crippen LogP contribution in [0.15, 0.2) is 18.2 Å². The number of aliphatic hydroxyl groups excluding tert-OH is 1. The molecule has 0 amide bonds. The lowest BCUT2D eigenvalue weighted by atomic mass is 9.64. The third kappa shape index (κ3) is 3.07. The van der Waals surface area contributed by atoms with Crippen LogP contribution < -0.4 is 10.0 Å².